The molecule has 1 heterocycles. The Morgan fingerprint density at radius 3 is 2.78 bits per heavy atom. The summed E-state index contributed by atoms with van der Waals surface area (Å²) in [6, 6.07) is 18.0. The lowest BCUT2D eigenvalue weighted by molar-refractivity contribution is 0.0922. The van der Waals surface area contributed by atoms with Crippen molar-refractivity contribution in [2.24, 2.45) is 5.92 Å². The van der Waals surface area contributed by atoms with Crippen LogP contribution < -0.4 is 10.1 Å². The van der Waals surface area contributed by atoms with Crippen LogP contribution in [-0.2, 0) is 6.61 Å². The maximum atomic E-state index is 12.5. The Bertz CT molecular complexity index is 730. The first-order chi connectivity index (χ1) is 13.1. The van der Waals surface area contributed by atoms with Crippen LogP contribution in [0.1, 0.15) is 42.6 Å². The van der Waals surface area contributed by atoms with Crippen molar-refractivity contribution in [2.75, 3.05) is 19.6 Å². The molecular formula is C23H30N2O2. The fraction of sp³-hybridized carbons (Fsp3) is 0.435. The van der Waals surface area contributed by atoms with Crippen LogP contribution in [0.25, 0.3) is 0 Å². The molecule has 27 heavy (non-hydrogen) atoms. The topological polar surface area (TPSA) is 41.6 Å². The summed E-state index contributed by atoms with van der Waals surface area (Å²) in [6.07, 6.45) is 2.39. The van der Waals surface area contributed by atoms with E-state index in [-0.39, 0.29) is 5.91 Å². The summed E-state index contributed by atoms with van der Waals surface area (Å²) in [4.78, 5) is 15.0. The second kappa shape index (κ2) is 9.56. The molecule has 1 saturated heterocycles. The Balaban J connectivity index is 1.51. The first-order valence-electron chi connectivity index (χ1n) is 9.91. The molecule has 0 bridgehead atoms. The molecule has 4 heteroatoms. The summed E-state index contributed by atoms with van der Waals surface area (Å²) < 4.78 is 5.83. The van der Waals surface area contributed by atoms with Crippen LogP contribution in [0.2, 0.25) is 0 Å². The Morgan fingerprint density at radius 2 is 2.00 bits per heavy atom. The molecule has 0 aliphatic carbocycles. The first kappa shape index (κ1) is 19.4. The minimum atomic E-state index is -0.0261. The van der Waals surface area contributed by atoms with Crippen LogP contribution >= 0.6 is 0 Å². The van der Waals surface area contributed by atoms with Crippen LogP contribution in [0.15, 0.2) is 54.6 Å². The molecule has 1 N–H and O–H groups in total. The molecule has 1 aliphatic rings. The zero-order chi connectivity index (χ0) is 19.1. The van der Waals surface area contributed by atoms with Gasteiger partial charge in [-0.15, -0.1) is 0 Å². The number of amides is 1. The van der Waals surface area contributed by atoms with E-state index in [1.807, 2.05) is 54.6 Å². The summed E-state index contributed by atoms with van der Waals surface area (Å²) >= 11 is 0. The standard InChI is InChI=1S/C23H30N2O2/c1-18(2)25-13-7-10-20(16-25)15-24-23(26)21-11-6-12-22(14-21)27-17-19-8-4-3-5-9-19/h3-6,8-9,11-12,14,18,20H,7,10,13,15-17H2,1-2H3,(H,24,26). The third-order valence-electron chi connectivity index (χ3n) is 5.18. The molecule has 1 atom stereocenters. The molecule has 0 saturated carbocycles. The van der Waals surface area contributed by atoms with Crippen LogP contribution in [0.5, 0.6) is 5.75 Å². The van der Waals surface area contributed by atoms with Gasteiger partial charge in [-0.25, -0.2) is 0 Å². The summed E-state index contributed by atoms with van der Waals surface area (Å²) in [6.45, 7) is 7.95. The average Bonchev–Trinajstić information content (AvgIpc) is 2.71. The van der Waals surface area contributed by atoms with Gasteiger partial charge >= 0.3 is 0 Å². The van der Waals surface area contributed by atoms with Crippen molar-refractivity contribution in [3.63, 3.8) is 0 Å². The number of ether oxygens (including phenoxy) is 1. The smallest absolute Gasteiger partial charge is 0.251 e. The molecule has 4 nitrogen and oxygen atoms in total. The number of carbonyl (C=O) groups excluding carboxylic acids is 1. The molecule has 0 radical (unpaired) electrons. The maximum Gasteiger partial charge on any atom is 0.251 e. The lowest BCUT2D eigenvalue weighted by atomic mass is 9.97. The van der Waals surface area contributed by atoms with E-state index in [0.29, 0.717) is 24.1 Å². The molecule has 0 spiro atoms. The van der Waals surface area contributed by atoms with Crippen molar-refractivity contribution in [1.29, 1.82) is 0 Å². The minimum absolute atomic E-state index is 0.0261. The highest BCUT2D eigenvalue weighted by Crippen LogP contribution is 2.19. The van der Waals surface area contributed by atoms with Gasteiger partial charge in [0.25, 0.3) is 5.91 Å². The normalized spacial score (nSPS) is 17.7. The van der Waals surface area contributed by atoms with Gasteiger partial charge in [0.1, 0.15) is 12.4 Å². The van der Waals surface area contributed by atoms with Crippen molar-refractivity contribution in [3.05, 3.63) is 65.7 Å². The maximum absolute atomic E-state index is 12.5. The third kappa shape index (κ3) is 5.83. The molecule has 1 fully saturated rings. The van der Waals surface area contributed by atoms with Gasteiger partial charge in [-0.05, 0) is 62.9 Å². The van der Waals surface area contributed by atoms with Gasteiger partial charge in [0.05, 0.1) is 0 Å². The number of nitrogens with zero attached hydrogens (tertiary/aromatic N) is 1. The van der Waals surface area contributed by atoms with Gasteiger partial charge in [0.2, 0.25) is 0 Å². The predicted octanol–water partition coefficient (Wildman–Crippen LogP) is 4.12. The second-order valence-electron chi connectivity index (χ2n) is 7.61. The monoisotopic (exact) mass is 366 g/mol. The number of likely N-dealkylation sites (tertiary alicyclic amines) is 1. The Morgan fingerprint density at radius 1 is 1.19 bits per heavy atom. The zero-order valence-corrected chi connectivity index (χ0v) is 16.4. The summed E-state index contributed by atoms with van der Waals surface area (Å²) in [5, 5.41) is 3.11. The lowest BCUT2D eigenvalue weighted by Gasteiger charge is -2.35. The highest BCUT2D eigenvalue weighted by Gasteiger charge is 2.22. The number of piperidine rings is 1. The van der Waals surface area contributed by atoms with Crippen molar-refractivity contribution >= 4 is 5.91 Å². The quantitative estimate of drug-likeness (QED) is 0.802. The van der Waals surface area contributed by atoms with Gasteiger partial charge in [-0.1, -0.05) is 36.4 Å². The largest absolute Gasteiger partial charge is 0.489 e. The molecular weight excluding hydrogens is 336 g/mol. The minimum Gasteiger partial charge on any atom is -0.489 e. The molecule has 1 aliphatic heterocycles. The van der Waals surface area contributed by atoms with Crippen molar-refractivity contribution in [1.82, 2.24) is 10.2 Å². The number of hydrogen-bond donors (Lipinski definition) is 1. The van der Waals surface area contributed by atoms with E-state index in [9.17, 15) is 4.79 Å². The van der Waals surface area contributed by atoms with E-state index in [4.69, 9.17) is 4.74 Å². The van der Waals surface area contributed by atoms with E-state index in [1.165, 1.54) is 19.4 Å². The Labute approximate surface area is 162 Å². The number of benzene rings is 2. The predicted molar refractivity (Wildman–Crippen MR) is 109 cm³/mol. The number of rotatable bonds is 7. The SMILES string of the molecule is CC(C)N1CCCC(CNC(=O)c2cccc(OCc3ccccc3)c2)C1. The van der Waals surface area contributed by atoms with Gasteiger partial charge in [0, 0.05) is 24.7 Å². The summed E-state index contributed by atoms with van der Waals surface area (Å²) in [5.74, 6) is 1.22. The summed E-state index contributed by atoms with van der Waals surface area (Å²) in [5.41, 5.74) is 1.76. The Hall–Kier alpha value is -2.33. The van der Waals surface area contributed by atoms with E-state index >= 15 is 0 Å². The molecule has 2 aromatic rings. The lowest BCUT2D eigenvalue weighted by Crippen LogP contribution is -2.43. The zero-order valence-electron chi connectivity index (χ0n) is 16.4. The van der Waals surface area contributed by atoms with Crippen molar-refractivity contribution in [3.8, 4) is 5.75 Å². The van der Waals surface area contributed by atoms with Gasteiger partial charge in [-0.2, -0.15) is 0 Å². The van der Waals surface area contributed by atoms with Crippen LogP contribution in [0.3, 0.4) is 0 Å². The molecule has 1 unspecified atom stereocenters. The Kier molecular flexibility index (Phi) is 6.88. The van der Waals surface area contributed by atoms with Gasteiger partial charge < -0.3 is 15.0 Å². The van der Waals surface area contributed by atoms with Gasteiger partial charge in [0.15, 0.2) is 0 Å². The van der Waals surface area contributed by atoms with E-state index in [1.54, 1.807) is 0 Å². The average molecular weight is 367 g/mol. The highest BCUT2D eigenvalue weighted by molar-refractivity contribution is 5.94. The van der Waals surface area contributed by atoms with E-state index < -0.39 is 0 Å². The highest BCUT2D eigenvalue weighted by atomic mass is 16.5. The fourth-order valence-corrected chi connectivity index (χ4v) is 3.54. The number of hydrogen-bond acceptors (Lipinski definition) is 3. The molecule has 3 rings (SSSR count). The molecule has 144 valence electrons. The van der Waals surface area contributed by atoms with Crippen molar-refractivity contribution < 1.29 is 9.53 Å². The van der Waals surface area contributed by atoms with Crippen LogP contribution in [0.4, 0.5) is 0 Å². The molecule has 2 aromatic carbocycles. The van der Waals surface area contributed by atoms with Gasteiger partial charge in [-0.3, -0.25) is 4.79 Å². The van der Waals surface area contributed by atoms with Crippen molar-refractivity contribution in [2.45, 2.75) is 39.3 Å². The van der Waals surface area contributed by atoms with E-state index in [2.05, 4.69) is 24.1 Å². The first-order valence-corrected chi connectivity index (χ1v) is 9.91. The van der Waals surface area contributed by atoms with Crippen LogP contribution in [-0.4, -0.2) is 36.5 Å². The second-order valence-corrected chi connectivity index (χ2v) is 7.61. The summed E-state index contributed by atoms with van der Waals surface area (Å²) in [7, 11) is 0. The molecule has 0 aromatic heterocycles. The molecule has 1 amide bonds. The third-order valence-corrected chi connectivity index (χ3v) is 5.18. The number of nitrogens with one attached hydrogen (secondary N) is 1. The number of carbonyl (C=O) groups is 1. The van der Waals surface area contributed by atoms with Crippen LogP contribution in [0, 0.1) is 5.92 Å². The van der Waals surface area contributed by atoms with E-state index in [0.717, 1.165) is 24.4 Å². The fourth-order valence-electron chi connectivity index (χ4n) is 3.54.